The third-order valence-electron chi connectivity index (χ3n) is 4.53. The Morgan fingerprint density at radius 1 is 1.30 bits per heavy atom. The van der Waals surface area contributed by atoms with Gasteiger partial charge in [0.05, 0.1) is 17.7 Å². The zero-order valence-corrected chi connectivity index (χ0v) is 15.4. The van der Waals surface area contributed by atoms with Crippen molar-refractivity contribution in [2.24, 2.45) is 0 Å². The normalized spacial score (nSPS) is 16.8. The third kappa shape index (κ3) is 4.17. The summed E-state index contributed by atoms with van der Waals surface area (Å²) in [7, 11) is 0. The van der Waals surface area contributed by atoms with Crippen LogP contribution >= 0.6 is 0 Å². The lowest BCUT2D eigenvalue weighted by Crippen LogP contribution is -2.38. The van der Waals surface area contributed by atoms with E-state index in [0.29, 0.717) is 23.4 Å². The number of nitrogens with one attached hydrogen (secondary N) is 1. The number of amides is 2. The van der Waals surface area contributed by atoms with Crippen LogP contribution in [-0.4, -0.2) is 34.5 Å². The molecule has 0 saturated carbocycles. The van der Waals surface area contributed by atoms with E-state index in [1.54, 1.807) is 35.2 Å². The number of hydrogen-bond donors (Lipinski definition) is 1. The molecule has 1 aliphatic rings. The van der Waals surface area contributed by atoms with E-state index >= 15 is 0 Å². The van der Waals surface area contributed by atoms with Gasteiger partial charge in [0, 0.05) is 24.2 Å². The Labute approximate surface area is 157 Å². The van der Waals surface area contributed by atoms with Crippen molar-refractivity contribution < 1.29 is 14.1 Å². The number of likely N-dealkylation sites (tertiary alicyclic amines) is 1. The maximum Gasteiger partial charge on any atom is 0.273 e. The standard InChI is InChI=1S/C20H22N4O3/c1-13(2)22-19(25)16-11-18(27-23-16)17-5-3-4-10-24(17)20(26)15-8-6-14(12-21)7-9-15/h6-9,11,13,17H,3-5,10H2,1-2H3,(H,22,25). The fourth-order valence-corrected chi connectivity index (χ4v) is 3.21. The predicted molar refractivity (Wildman–Crippen MR) is 97.9 cm³/mol. The number of benzene rings is 1. The zero-order chi connectivity index (χ0) is 19.4. The van der Waals surface area contributed by atoms with Gasteiger partial charge < -0.3 is 14.7 Å². The topological polar surface area (TPSA) is 99.2 Å². The van der Waals surface area contributed by atoms with Crippen LogP contribution in [0.3, 0.4) is 0 Å². The minimum Gasteiger partial charge on any atom is -0.358 e. The second kappa shape index (κ2) is 8.04. The van der Waals surface area contributed by atoms with Crippen molar-refractivity contribution >= 4 is 11.8 Å². The van der Waals surface area contributed by atoms with Gasteiger partial charge in [-0.1, -0.05) is 5.16 Å². The molecule has 140 valence electrons. The molecule has 1 aromatic carbocycles. The van der Waals surface area contributed by atoms with E-state index in [1.807, 2.05) is 19.9 Å². The second-order valence-electron chi connectivity index (χ2n) is 6.94. The van der Waals surface area contributed by atoms with E-state index in [2.05, 4.69) is 10.5 Å². The molecule has 1 aromatic heterocycles. The van der Waals surface area contributed by atoms with Crippen LogP contribution in [0.15, 0.2) is 34.9 Å². The van der Waals surface area contributed by atoms with Crippen LogP contribution < -0.4 is 5.32 Å². The Kier molecular flexibility index (Phi) is 5.55. The summed E-state index contributed by atoms with van der Waals surface area (Å²) in [6, 6.07) is 10.0. The summed E-state index contributed by atoms with van der Waals surface area (Å²) in [4.78, 5) is 26.8. The molecule has 1 fully saturated rings. The van der Waals surface area contributed by atoms with Crippen molar-refractivity contribution in [1.29, 1.82) is 5.26 Å². The Morgan fingerprint density at radius 2 is 2.04 bits per heavy atom. The summed E-state index contributed by atoms with van der Waals surface area (Å²) in [6.07, 6.45) is 2.63. The highest BCUT2D eigenvalue weighted by molar-refractivity contribution is 5.95. The molecule has 1 aliphatic heterocycles. The lowest BCUT2D eigenvalue weighted by molar-refractivity contribution is 0.0569. The molecule has 1 saturated heterocycles. The van der Waals surface area contributed by atoms with E-state index in [-0.39, 0.29) is 29.6 Å². The van der Waals surface area contributed by atoms with Gasteiger partial charge in [-0.25, -0.2) is 0 Å². The number of piperidine rings is 1. The van der Waals surface area contributed by atoms with E-state index in [9.17, 15) is 9.59 Å². The molecule has 2 heterocycles. The summed E-state index contributed by atoms with van der Waals surface area (Å²) in [5, 5.41) is 15.6. The molecule has 3 rings (SSSR count). The summed E-state index contributed by atoms with van der Waals surface area (Å²) in [6.45, 7) is 4.35. The van der Waals surface area contributed by atoms with Crippen LogP contribution in [0.4, 0.5) is 0 Å². The highest BCUT2D eigenvalue weighted by atomic mass is 16.5. The monoisotopic (exact) mass is 366 g/mol. The summed E-state index contributed by atoms with van der Waals surface area (Å²) >= 11 is 0. The van der Waals surface area contributed by atoms with E-state index in [0.717, 1.165) is 19.3 Å². The Hall–Kier alpha value is -3.14. The first-order valence-electron chi connectivity index (χ1n) is 9.08. The van der Waals surface area contributed by atoms with Gasteiger partial charge in [-0.3, -0.25) is 9.59 Å². The van der Waals surface area contributed by atoms with Gasteiger partial charge in [0.15, 0.2) is 11.5 Å². The van der Waals surface area contributed by atoms with Gasteiger partial charge in [-0.05, 0) is 57.4 Å². The molecule has 2 amide bonds. The number of rotatable bonds is 4. The van der Waals surface area contributed by atoms with Crippen LogP contribution in [0.2, 0.25) is 0 Å². The number of nitriles is 1. The summed E-state index contributed by atoms with van der Waals surface area (Å²) < 4.78 is 5.41. The molecule has 0 spiro atoms. The lowest BCUT2D eigenvalue weighted by atomic mass is 9.98. The van der Waals surface area contributed by atoms with E-state index in [1.165, 1.54) is 0 Å². The average Bonchev–Trinajstić information content (AvgIpc) is 3.17. The van der Waals surface area contributed by atoms with Gasteiger partial charge in [0.1, 0.15) is 0 Å². The smallest absolute Gasteiger partial charge is 0.273 e. The van der Waals surface area contributed by atoms with Crippen LogP contribution in [0.25, 0.3) is 0 Å². The predicted octanol–water partition coefficient (Wildman–Crippen LogP) is 3.05. The fraction of sp³-hybridized carbons (Fsp3) is 0.400. The van der Waals surface area contributed by atoms with Gasteiger partial charge >= 0.3 is 0 Å². The number of carbonyl (C=O) groups excluding carboxylic acids is 2. The lowest BCUT2D eigenvalue weighted by Gasteiger charge is -2.34. The molecule has 1 atom stereocenters. The maximum atomic E-state index is 13.0. The van der Waals surface area contributed by atoms with Crippen molar-refractivity contribution in [3.8, 4) is 6.07 Å². The molecule has 2 aromatic rings. The van der Waals surface area contributed by atoms with Crippen LogP contribution in [0.1, 0.15) is 71.3 Å². The summed E-state index contributed by atoms with van der Waals surface area (Å²) in [5.74, 6) is 0.111. The maximum absolute atomic E-state index is 13.0. The molecule has 0 radical (unpaired) electrons. The molecule has 0 aliphatic carbocycles. The van der Waals surface area contributed by atoms with Crippen molar-refractivity contribution in [3.05, 3.63) is 52.9 Å². The van der Waals surface area contributed by atoms with Crippen molar-refractivity contribution in [2.45, 2.75) is 45.2 Å². The molecular formula is C20H22N4O3. The molecule has 1 N–H and O–H groups in total. The number of nitrogens with zero attached hydrogens (tertiary/aromatic N) is 3. The highest BCUT2D eigenvalue weighted by Crippen LogP contribution is 2.32. The first-order chi connectivity index (χ1) is 13.0. The highest BCUT2D eigenvalue weighted by Gasteiger charge is 2.32. The molecule has 1 unspecified atom stereocenters. The molecule has 7 heteroatoms. The van der Waals surface area contributed by atoms with E-state index in [4.69, 9.17) is 9.78 Å². The Balaban J connectivity index is 1.81. The minimum absolute atomic E-state index is 0.00166. The van der Waals surface area contributed by atoms with Crippen LogP contribution in [0.5, 0.6) is 0 Å². The fourth-order valence-electron chi connectivity index (χ4n) is 3.21. The SMILES string of the molecule is CC(C)NC(=O)c1cc(C2CCCCN2C(=O)c2ccc(C#N)cc2)on1. The molecular weight excluding hydrogens is 344 g/mol. The molecule has 0 bridgehead atoms. The minimum atomic E-state index is -0.291. The quantitative estimate of drug-likeness (QED) is 0.896. The number of carbonyl (C=O) groups is 2. The second-order valence-corrected chi connectivity index (χ2v) is 6.94. The molecule has 7 nitrogen and oxygen atoms in total. The first-order valence-corrected chi connectivity index (χ1v) is 9.08. The first kappa shape index (κ1) is 18.6. The van der Waals surface area contributed by atoms with E-state index < -0.39 is 0 Å². The van der Waals surface area contributed by atoms with Gasteiger partial charge in [-0.2, -0.15) is 5.26 Å². The summed E-state index contributed by atoms with van der Waals surface area (Å²) in [5.41, 5.74) is 1.26. The number of hydrogen-bond acceptors (Lipinski definition) is 5. The third-order valence-corrected chi connectivity index (χ3v) is 4.53. The van der Waals surface area contributed by atoms with Crippen LogP contribution in [-0.2, 0) is 0 Å². The molecule has 27 heavy (non-hydrogen) atoms. The van der Waals surface area contributed by atoms with Crippen molar-refractivity contribution in [3.63, 3.8) is 0 Å². The zero-order valence-electron chi connectivity index (χ0n) is 15.4. The van der Waals surface area contributed by atoms with Gasteiger partial charge in [-0.15, -0.1) is 0 Å². The van der Waals surface area contributed by atoms with Crippen molar-refractivity contribution in [2.75, 3.05) is 6.54 Å². The van der Waals surface area contributed by atoms with Crippen LogP contribution in [0, 0.1) is 11.3 Å². The Bertz CT molecular complexity index is 864. The van der Waals surface area contributed by atoms with Gasteiger partial charge in [0.25, 0.3) is 11.8 Å². The largest absolute Gasteiger partial charge is 0.358 e. The van der Waals surface area contributed by atoms with Gasteiger partial charge in [0.2, 0.25) is 0 Å². The van der Waals surface area contributed by atoms with Crippen molar-refractivity contribution in [1.82, 2.24) is 15.4 Å². The number of aromatic nitrogens is 1. The average molecular weight is 366 g/mol. The Morgan fingerprint density at radius 3 is 2.70 bits per heavy atom.